The van der Waals surface area contributed by atoms with Gasteiger partial charge in [0.15, 0.2) is 5.82 Å². The molecule has 0 saturated carbocycles. The molecule has 0 spiro atoms. The third-order valence-corrected chi connectivity index (χ3v) is 3.19. The highest BCUT2D eigenvalue weighted by molar-refractivity contribution is 5.85. The van der Waals surface area contributed by atoms with Gasteiger partial charge in [-0.3, -0.25) is 14.5 Å². The third-order valence-electron chi connectivity index (χ3n) is 3.19. The Kier molecular flexibility index (Phi) is 6.28. The second-order valence-electron chi connectivity index (χ2n) is 4.99. The number of morpholine rings is 1. The number of carbonyl (C=O) groups excluding carboxylic acids is 2. The normalized spacial score (nSPS) is 15.5. The number of hydrogen-bond acceptors (Lipinski definition) is 7. The van der Waals surface area contributed by atoms with E-state index in [2.05, 4.69) is 25.7 Å². The maximum Gasteiger partial charge on any atom is 0.239 e. The van der Waals surface area contributed by atoms with Crippen molar-refractivity contribution in [2.45, 2.75) is 13.3 Å². The van der Waals surface area contributed by atoms with Crippen molar-refractivity contribution in [2.75, 3.05) is 45.9 Å². The van der Waals surface area contributed by atoms with Gasteiger partial charge in [-0.25, -0.2) is 0 Å². The van der Waals surface area contributed by atoms with E-state index >= 15 is 0 Å². The summed E-state index contributed by atoms with van der Waals surface area (Å²) in [4.78, 5) is 29.4. The van der Waals surface area contributed by atoms with Crippen molar-refractivity contribution in [3.05, 3.63) is 11.7 Å². The smallest absolute Gasteiger partial charge is 0.239 e. The van der Waals surface area contributed by atoms with Gasteiger partial charge in [0.25, 0.3) is 0 Å². The number of amides is 2. The Morgan fingerprint density at radius 3 is 2.68 bits per heavy atom. The van der Waals surface area contributed by atoms with E-state index in [-0.39, 0.29) is 24.8 Å². The molecule has 1 aromatic rings. The lowest BCUT2D eigenvalue weighted by Crippen LogP contribution is -2.43. The zero-order valence-electron chi connectivity index (χ0n) is 12.6. The van der Waals surface area contributed by atoms with Crippen molar-refractivity contribution in [3.8, 4) is 0 Å². The Labute approximate surface area is 128 Å². The number of hydrogen-bond donors (Lipinski definition) is 2. The number of ether oxygens (including phenoxy) is 1. The molecule has 0 aromatic carbocycles. The zero-order valence-corrected chi connectivity index (χ0v) is 12.6. The van der Waals surface area contributed by atoms with Crippen LogP contribution >= 0.6 is 0 Å². The molecular formula is C13H21N5O4. The first kappa shape index (κ1) is 16.4. The molecule has 1 aliphatic heterocycles. The maximum atomic E-state index is 11.6. The van der Waals surface area contributed by atoms with E-state index in [0.29, 0.717) is 18.3 Å². The average molecular weight is 311 g/mol. The minimum absolute atomic E-state index is 0.00159. The van der Waals surface area contributed by atoms with E-state index in [1.807, 2.05) is 0 Å². The Morgan fingerprint density at radius 1 is 1.23 bits per heavy atom. The summed E-state index contributed by atoms with van der Waals surface area (Å²) in [5.74, 6) is 0.182. The molecular weight excluding hydrogens is 290 g/mol. The number of rotatable bonds is 7. The van der Waals surface area contributed by atoms with Gasteiger partial charge in [-0.15, -0.1) is 0 Å². The van der Waals surface area contributed by atoms with E-state index < -0.39 is 0 Å². The van der Waals surface area contributed by atoms with Gasteiger partial charge in [0.05, 0.1) is 26.2 Å². The molecule has 1 saturated heterocycles. The highest BCUT2D eigenvalue weighted by atomic mass is 16.5. The molecule has 2 amide bonds. The molecule has 1 aliphatic rings. The molecule has 0 atom stereocenters. The Balaban J connectivity index is 1.55. The van der Waals surface area contributed by atoms with Crippen LogP contribution in [0, 0.1) is 6.92 Å². The van der Waals surface area contributed by atoms with Crippen molar-refractivity contribution < 1.29 is 18.8 Å². The fraction of sp³-hybridized carbons (Fsp3) is 0.692. The van der Waals surface area contributed by atoms with Gasteiger partial charge in [0, 0.05) is 33.1 Å². The molecule has 1 fully saturated rings. The Hall–Kier alpha value is -2.00. The molecule has 122 valence electrons. The van der Waals surface area contributed by atoms with Crippen LogP contribution < -0.4 is 10.6 Å². The van der Waals surface area contributed by atoms with E-state index in [4.69, 9.17) is 9.26 Å². The molecule has 0 unspecified atom stereocenters. The minimum Gasteiger partial charge on any atom is -0.379 e. The van der Waals surface area contributed by atoms with Crippen molar-refractivity contribution in [1.82, 2.24) is 25.7 Å². The summed E-state index contributed by atoms with van der Waals surface area (Å²) in [5.41, 5.74) is 0. The number of carbonyl (C=O) groups is 2. The molecule has 1 aromatic heterocycles. The summed E-state index contributed by atoms with van der Waals surface area (Å²) in [6, 6.07) is 0. The van der Waals surface area contributed by atoms with Crippen LogP contribution in [-0.4, -0.2) is 72.8 Å². The molecule has 9 heteroatoms. The fourth-order valence-corrected chi connectivity index (χ4v) is 2.04. The topological polar surface area (TPSA) is 110 Å². The zero-order chi connectivity index (χ0) is 15.8. The first-order chi connectivity index (χ1) is 10.6. The van der Waals surface area contributed by atoms with Crippen molar-refractivity contribution >= 4 is 11.8 Å². The van der Waals surface area contributed by atoms with Crippen LogP contribution in [0.25, 0.3) is 0 Å². The molecule has 2 N–H and O–H groups in total. The summed E-state index contributed by atoms with van der Waals surface area (Å²) in [6.07, 6.45) is -0.00159. The fourth-order valence-electron chi connectivity index (χ4n) is 2.04. The van der Waals surface area contributed by atoms with Gasteiger partial charge in [0.2, 0.25) is 17.7 Å². The predicted molar refractivity (Wildman–Crippen MR) is 76.0 cm³/mol. The SMILES string of the molecule is Cc1nc(CC(=O)NCC(=O)NCCN2CCOCC2)no1. The van der Waals surface area contributed by atoms with Crippen LogP contribution in [0.3, 0.4) is 0 Å². The molecule has 2 heterocycles. The van der Waals surface area contributed by atoms with Crippen molar-refractivity contribution in [1.29, 1.82) is 0 Å². The highest BCUT2D eigenvalue weighted by Crippen LogP contribution is 1.96. The minimum atomic E-state index is -0.316. The Morgan fingerprint density at radius 2 is 2.00 bits per heavy atom. The monoisotopic (exact) mass is 311 g/mol. The summed E-state index contributed by atoms with van der Waals surface area (Å²) in [7, 11) is 0. The molecule has 0 aliphatic carbocycles. The standard InChI is InChI=1S/C13H21N5O4/c1-10-16-11(17-22-10)8-12(19)15-9-13(20)14-2-3-18-4-6-21-7-5-18/h2-9H2,1H3,(H,14,20)(H,15,19). The van der Waals surface area contributed by atoms with Gasteiger partial charge in [-0.05, 0) is 0 Å². The number of nitrogens with zero attached hydrogens (tertiary/aromatic N) is 3. The summed E-state index contributed by atoms with van der Waals surface area (Å²) in [6.45, 7) is 6.17. The first-order valence-electron chi connectivity index (χ1n) is 7.26. The van der Waals surface area contributed by atoms with Crippen molar-refractivity contribution in [2.24, 2.45) is 0 Å². The van der Waals surface area contributed by atoms with Crippen LogP contribution in [-0.2, 0) is 20.7 Å². The summed E-state index contributed by atoms with van der Waals surface area (Å²) >= 11 is 0. The van der Waals surface area contributed by atoms with Gasteiger partial charge in [0.1, 0.15) is 0 Å². The summed E-state index contributed by atoms with van der Waals surface area (Å²) < 4.78 is 10.0. The number of nitrogens with one attached hydrogen (secondary N) is 2. The lowest BCUT2D eigenvalue weighted by molar-refractivity contribution is -0.125. The molecule has 0 radical (unpaired) electrons. The van der Waals surface area contributed by atoms with Gasteiger partial charge in [-0.2, -0.15) is 4.98 Å². The van der Waals surface area contributed by atoms with E-state index in [1.165, 1.54) is 0 Å². The Bertz CT molecular complexity index is 498. The van der Waals surface area contributed by atoms with E-state index in [1.54, 1.807) is 6.92 Å². The van der Waals surface area contributed by atoms with Crippen LogP contribution in [0.1, 0.15) is 11.7 Å². The number of aryl methyl sites for hydroxylation is 1. The largest absolute Gasteiger partial charge is 0.379 e. The van der Waals surface area contributed by atoms with E-state index in [0.717, 1.165) is 32.8 Å². The van der Waals surface area contributed by atoms with Crippen molar-refractivity contribution in [3.63, 3.8) is 0 Å². The van der Waals surface area contributed by atoms with Crippen LogP contribution in [0.2, 0.25) is 0 Å². The molecule has 0 bridgehead atoms. The van der Waals surface area contributed by atoms with Crippen LogP contribution in [0.5, 0.6) is 0 Å². The second kappa shape index (κ2) is 8.44. The van der Waals surface area contributed by atoms with Gasteiger partial charge >= 0.3 is 0 Å². The van der Waals surface area contributed by atoms with Gasteiger partial charge < -0.3 is 19.9 Å². The van der Waals surface area contributed by atoms with Gasteiger partial charge in [-0.1, -0.05) is 5.16 Å². The van der Waals surface area contributed by atoms with Crippen LogP contribution in [0.4, 0.5) is 0 Å². The average Bonchev–Trinajstić information content (AvgIpc) is 2.91. The predicted octanol–water partition coefficient (Wildman–Crippen LogP) is -1.51. The molecule has 9 nitrogen and oxygen atoms in total. The lowest BCUT2D eigenvalue weighted by atomic mass is 10.3. The highest BCUT2D eigenvalue weighted by Gasteiger charge is 2.12. The number of aromatic nitrogens is 2. The second-order valence-corrected chi connectivity index (χ2v) is 4.99. The third kappa shape index (κ3) is 5.78. The summed E-state index contributed by atoms with van der Waals surface area (Å²) in [5, 5.41) is 8.91. The molecule has 22 heavy (non-hydrogen) atoms. The molecule has 2 rings (SSSR count). The lowest BCUT2D eigenvalue weighted by Gasteiger charge is -2.26. The van der Waals surface area contributed by atoms with Crippen LogP contribution in [0.15, 0.2) is 4.52 Å². The quantitative estimate of drug-likeness (QED) is 0.629. The van der Waals surface area contributed by atoms with E-state index in [9.17, 15) is 9.59 Å². The first-order valence-corrected chi connectivity index (χ1v) is 7.26. The maximum absolute atomic E-state index is 11.6.